The monoisotopic (exact) mass is 398 g/mol. The fourth-order valence-electron chi connectivity index (χ4n) is 3.33. The largest absolute Gasteiger partial charge is 0.479 e. The summed E-state index contributed by atoms with van der Waals surface area (Å²) in [5.41, 5.74) is 2.11. The molecule has 3 aromatic heterocycles. The number of rotatable bonds is 9. The van der Waals surface area contributed by atoms with Crippen molar-refractivity contribution in [2.75, 3.05) is 25.1 Å². The van der Waals surface area contributed by atoms with E-state index in [0.717, 1.165) is 31.6 Å². The molecular formula is C22H27FN4O2. The Hall–Kier alpha value is -2.96. The Morgan fingerprint density at radius 2 is 1.97 bits per heavy atom. The lowest BCUT2D eigenvalue weighted by Gasteiger charge is -2.24. The van der Waals surface area contributed by atoms with E-state index in [1.165, 1.54) is 42.7 Å². The zero-order chi connectivity index (χ0) is 20.8. The first-order valence-corrected chi connectivity index (χ1v) is 10.1. The van der Waals surface area contributed by atoms with Gasteiger partial charge in [0.2, 0.25) is 5.88 Å². The lowest BCUT2D eigenvalue weighted by atomic mass is 10.2. The molecule has 7 heteroatoms. The molecule has 0 bridgehead atoms. The highest BCUT2D eigenvalue weighted by Crippen LogP contribution is 2.22. The second-order valence-corrected chi connectivity index (χ2v) is 7.00. The molecule has 6 nitrogen and oxygen atoms in total. The molecule has 0 radical (unpaired) electrons. The summed E-state index contributed by atoms with van der Waals surface area (Å²) in [7, 11) is 1.35. The topological polar surface area (TPSA) is 59.7 Å². The highest BCUT2D eigenvalue weighted by Gasteiger charge is 2.12. The summed E-state index contributed by atoms with van der Waals surface area (Å²) in [5.74, 6) is -0.681. The molecule has 0 spiro atoms. The number of methoxy groups -OCH3 is 1. The van der Waals surface area contributed by atoms with E-state index in [2.05, 4.69) is 28.7 Å². The maximum Gasteiger partial charge on any atom is 0.258 e. The van der Waals surface area contributed by atoms with Gasteiger partial charge in [-0.05, 0) is 31.0 Å². The Labute approximate surface area is 170 Å². The van der Waals surface area contributed by atoms with E-state index in [4.69, 9.17) is 4.74 Å². The van der Waals surface area contributed by atoms with Crippen molar-refractivity contribution in [3.8, 4) is 17.1 Å². The summed E-state index contributed by atoms with van der Waals surface area (Å²) >= 11 is 0. The van der Waals surface area contributed by atoms with Crippen molar-refractivity contribution in [2.24, 2.45) is 0 Å². The minimum atomic E-state index is -0.593. The van der Waals surface area contributed by atoms with Gasteiger partial charge < -0.3 is 9.64 Å². The first-order valence-electron chi connectivity index (χ1n) is 10.1. The first-order chi connectivity index (χ1) is 14.1. The SMILES string of the molecule is CCCCCN(CCC)c1ccc2nc(-c3cnc(OC)c(F)c3)cc(=O)n2c1. The molecule has 0 atom stereocenters. The van der Waals surface area contributed by atoms with Gasteiger partial charge in [0.05, 0.1) is 18.5 Å². The number of hydrogen-bond donors (Lipinski definition) is 0. The van der Waals surface area contributed by atoms with Gasteiger partial charge >= 0.3 is 0 Å². The van der Waals surface area contributed by atoms with Crippen LogP contribution in [0.4, 0.5) is 10.1 Å². The van der Waals surface area contributed by atoms with Gasteiger partial charge in [0.25, 0.3) is 5.56 Å². The van der Waals surface area contributed by atoms with Crippen molar-refractivity contribution >= 4 is 11.3 Å². The Morgan fingerprint density at radius 1 is 1.14 bits per heavy atom. The van der Waals surface area contributed by atoms with E-state index >= 15 is 0 Å². The van der Waals surface area contributed by atoms with Gasteiger partial charge in [-0.15, -0.1) is 0 Å². The fraction of sp³-hybridized carbons (Fsp3) is 0.409. The van der Waals surface area contributed by atoms with Gasteiger partial charge in [-0.1, -0.05) is 26.7 Å². The van der Waals surface area contributed by atoms with Crippen LogP contribution >= 0.6 is 0 Å². The van der Waals surface area contributed by atoms with Crippen LogP contribution in [0.2, 0.25) is 0 Å². The Kier molecular flexibility index (Phi) is 6.80. The van der Waals surface area contributed by atoms with Crippen LogP contribution in [0.3, 0.4) is 0 Å². The van der Waals surface area contributed by atoms with Crippen molar-refractivity contribution in [3.05, 3.63) is 52.8 Å². The minimum absolute atomic E-state index is 0.0880. The van der Waals surface area contributed by atoms with Crippen molar-refractivity contribution in [1.82, 2.24) is 14.4 Å². The van der Waals surface area contributed by atoms with Gasteiger partial charge in [-0.3, -0.25) is 9.20 Å². The molecule has 0 fully saturated rings. The summed E-state index contributed by atoms with van der Waals surface area (Å²) < 4.78 is 20.4. The molecule has 0 N–H and O–H groups in total. The minimum Gasteiger partial charge on any atom is -0.479 e. The molecule has 0 aromatic carbocycles. The summed E-state index contributed by atoms with van der Waals surface area (Å²) in [6.07, 6.45) is 7.80. The molecule has 3 rings (SSSR count). The van der Waals surface area contributed by atoms with Crippen molar-refractivity contribution < 1.29 is 9.13 Å². The molecule has 0 aliphatic heterocycles. The lowest BCUT2D eigenvalue weighted by Crippen LogP contribution is -2.26. The fourth-order valence-corrected chi connectivity index (χ4v) is 3.33. The van der Waals surface area contributed by atoms with Gasteiger partial charge in [0.15, 0.2) is 5.82 Å². The molecule has 3 aromatic rings. The third-order valence-electron chi connectivity index (χ3n) is 4.83. The average Bonchev–Trinajstić information content (AvgIpc) is 2.73. The maximum atomic E-state index is 14.0. The van der Waals surface area contributed by atoms with Gasteiger partial charge in [0, 0.05) is 37.1 Å². The summed E-state index contributed by atoms with van der Waals surface area (Å²) in [6.45, 7) is 6.24. The number of nitrogens with zero attached hydrogens (tertiary/aromatic N) is 4. The third kappa shape index (κ3) is 4.72. The number of aromatic nitrogens is 3. The maximum absolute atomic E-state index is 14.0. The van der Waals surface area contributed by atoms with Crippen molar-refractivity contribution in [1.29, 1.82) is 0 Å². The first kappa shape index (κ1) is 20.8. The molecule has 29 heavy (non-hydrogen) atoms. The van der Waals surface area contributed by atoms with E-state index in [0.29, 0.717) is 16.9 Å². The smallest absolute Gasteiger partial charge is 0.258 e. The van der Waals surface area contributed by atoms with E-state index in [1.54, 1.807) is 0 Å². The number of halogens is 1. The predicted octanol–water partition coefficient (Wildman–Crippen LogP) is 4.31. The second-order valence-electron chi connectivity index (χ2n) is 7.00. The lowest BCUT2D eigenvalue weighted by molar-refractivity contribution is 0.369. The third-order valence-corrected chi connectivity index (χ3v) is 4.83. The van der Waals surface area contributed by atoms with Crippen LogP contribution in [-0.2, 0) is 0 Å². The van der Waals surface area contributed by atoms with Crippen LogP contribution in [0.1, 0.15) is 39.5 Å². The predicted molar refractivity (Wildman–Crippen MR) is 113 cm³/mol. The zero-order valence-corrected chi connectivity index (χ0v) is 17.2. The van der Waals surface area contributed by atoms with E-state index in [1.807, 2.05) is 18.3 Å². The normalized spacial score (nSPS) is 11.0. The Bertz CT molecular complexity index is 1030. The molecule has 0 aliphatic rings. The van der Waals surface area contributed by atoms with Crippen LogP contribution in [-0.4, -0.2) is 34.6 Å². The highest BCUT2D eigenvalue weighted by atomic mass is 19.1. The van der Waals surface area contributed by atoms with Crippen LogP contribution in [0.5, 0.6) is 5.88 Å². The average molecular weight is 398 g/mol. The van der Waals surface area contributed by atoms with Crippen molar-refractivity contribution in [2.45, 2.75) is 39.5 Å². The van der Waals surface area contributed by atoms with E-state index in [-0.39, 0.29) is 11.4 Å². The zero-order valence-electron chi connectivity index (χ0n) is 17.2. The Balaban J connectivity index is 1.96. The molecule has 0 unspecified atom stereocenters. The van der Waals surface area contributed by atoms with Gasteiger partial charge in [-0.2, -0.15) is 0 Å². The number of anilines is 1. The van der Waals surface area contributed by atoms with Crippen LogP contribution < -0.4 is 15.2 Å². The molecule has 0 saturated carbocycles. The van der Waals surface area contributed by atoms with Crippen LogP contribution in [0.15, 0.2) is 41.5 Å². The van der Waals surface area contributed by atoms with Crippen LogP contribution in [0, 0.1) is 5.82 Å². The molecule has 0 aliphatic carbocycles. The number of hydrogen-bond acceptors (Lipinski definition) is 5. The number of fused-ring (bicyclic) bond motifs is 1. The molecule has 0 saturated heterocycles. The van der Waals surface area contributed by atoms with Crippen LogP contribution in [0.25, 0.3) is 16.9 Å². The number of unbranched alkanes of at least 4 members (excludes halogenated alkanes) is 2. The molecule has 0 amide bonds. The number of pyridine rings is 2. The summed E-state index contributed by atoms with van der Waals surface area (Å²) in [4.78, 5) is 23.5. The quantitative estimate of drug-likeness (QED) is 0.503. The molecular weight excluding hydrogens is 371 g/mol. The van der Waals surface area contributed by atoms with Gasteiger partial charge in [0.1, 0.15) is 5.65 Å². The Morgan fingerprint density at radius 3 is 2.66 bits per heavy atom. The molecule has 154 valence electrons. The van der Waals surface area contributed by atoms with Crippen molar-refractivity contribution in [3.63, 3.8) is 0 Å². The standard InChI is InChI=1S/C22H27FN4O2/c1-4-6-7-11-26(10-5-2)17-8-9-20-25-19(13-21(28)27(20)15-17)16-12-18(23)22(29-3)24-14-16/h8-9,12-15H,4-7,10-11H2,1-3H3. The van der Waals surface area contributed by atoms with E-state index < -0.39 is 5.82 Å². The highest BCUT2D eigenvalue weighted by molar-refractivity contribution is 5.62. The second kappa shape index (κ2) is 9.49. The molecule has 3 heterocycles. The van der Waals surface area contributed by atoms with E-state index in [9.17, 15) is 9.18 Å². The number of ether oxygens (including phenoxy) is 1. The summed E-state index contributed by atoms with van der Waals surface area (Å²) in [6, 6.07) is 6.49. The summed E-state index contributed by atoms with van der Waals surface area (Å²) in [5, 5.41) is 0. The van der Waals surface area contributed by atoms with Gasteiger partial charge in [-0.25, -0.2) is 14.4 Å².